The van der Waals surface area contributed by atoms with Gasteiger partial charge in [0, 0.05) is 25.8 Å². The highest BCUT2D eigenvalue weighted by Crippen LogP contribution is 2.35. The number of hydrogen-bond donors (Lipinski definition) is 1. The number of benzene rings is 3. The lowest BCUT2D eigenvalue weighted by molar-refractivity contribution is -0.112. The molecule has 0 heterocycles. The SMILES string of the molecule is CCOC(=O)c1ccc(NC(=O)/C(C#N)=C/c2cc(OC)c(OCc3ccc(Cl)cc3Cl)cc2Br)cc1. The molecule has 0 atom stereocenters. The number of ether oxygens (including phenoxy) is 3. The van der Waals surface area contributed by atoms with Crippen molar-refractivity contribution in [1.29, 1.82) is 5.26 Å². The molecular formula is C27H21BrCl2N2O5. The van der Waals surface area contributed by atoms with Crippen molar-refractivity contribution in [3.05, 3.63) is 91.4 Å². The van der Waals surface area contributed by atoms with E-state index in [1.807, 2.05) is 6.07 Å². The van der Waals surface area contributed by atoms with Crippen molar-refractivity contribution in [2.75, 3.05) is 19.0 Å². The van der Waals surface area contributed by atoms with Gasteiger partial charge in [0.2, 0.25) is 0 Å². The van der Waals surface area contributed by atoms with Crippen LogP contribution in [-0.2, 0) is 16.1 Å². The van der Waals surface area contributed by atoms with E-state index in [-0.39, 0.29) is 18.8 Å². The standard InChI is InChI=1S/C27H21BrCl2N2O5/c1-3-36-27(34)16-5-8-21(9-6-16)32-26(33)19(14-31)10-18-11-24(35-2)25(13-22(18)28)37-15-17-4-7-20(29)12-23(17)30/h4-13H,3,15H2,1-2H3,(H,32,33)/b19-10+. The van der Waals surface area contributed by atoms with Gasteiger partial charge >= 0.3 is 5.97 Å². The molecule has 0 saturated heterocycles. The lowest BCUT2D eigenvalue weighted by atomic mass is 10.1. The molecule has 0 unspecified atom stereocenters. The normalized spacial score (nSPS) is 10.9. The molecule has 190 valence electrons. The highest BCUT2D eigenvalue weighted by Gasteiger charge is 2.15. The molecule has 0 bridgehead atoms. The van der Waals surface area contributed by atoms with Crippen LogP contribution in [0.2, 0.25) is 10.0 Å². The number of nitriles is 1. The van der Waals surface area contributed by atoms with Crippen LogP contribution in [0.15, 0.2) is 64.6 Å². The predicted octanol–water partition coefficient (Wildman–Crippen LogP) is 7.07. The Morgan fingerprint density at radius 2 is 1.81 bits per heavy atom. The molecular weight excluding hydrogens is 583 g/mol. The van der Waals surface area contributed by atoms with Crippen LogP contribution in [0.1, 0.15) is 28.4 Å². The van der Waals surface area contributed by atoms with Crippen molar-refractivity contribution >= 4 is 62.8 Å². The van der Waals surface area contributed by atoms with Gasteiger partial charge in [-0.05, 0) is 67.1 Å². The minimum atomic E-state index is -0.616. The average Bonchev–Trinajstić information content (AvgIpc) is 2.88. The average molecular weight is 604 g/mol. The van der Waals surface area contributed by atoms with Crippen LogP contribution < -0.4 is 14.8 Å². The molecule has 3 aromatic carbocycles. The first-order valence-corrected chi connectivity index (χ1v) is 12.4. The molecule has 0 radical (unpaired) electrons. The minimum absolute atomic E-state index is 0.140. The van der Waals surface area contributed by atoms with Gasteiger partial charge in [0.1, 0.15) is 18.2 Å². The Bertz CT molecular complexity index is 1380. The third kappa shape index (κ3) is 7.49. The number of carbonyl (C=O) groups excluding carboxylic acids is 2. The van der Waals surface area contributed by atoms with Crippen LogP contribution >= 0.6 is 39.1 Å². The maximum atomic E-state index is 12.7. The summed E-state index contributed by atoms with van der Waals surface area (Å²) in [6, 6.07) is 16.5. The van der Waals surface area contributed by atoms with Crippen LogP contribution in [0.4, 0.5) is 5.69 Å². The van der Waals surface area contributed by atoms with Gasteiger partial charge in [0.05, 0.1) is 19.3 Å². The zero-order valence-electron chi connectivity index (χ0n) is 19.8. The number of anilines is 1. The Hall–Kier alpha value is -3.51. The first kappa shape index (κ1) is 28.1. The van der Waals surface area contributed by atoms with E-state index >= 15 is 0 Å². The van der Waals surface area contributed by atoms with Crippen molar-refractivity contribution in [1.82, 2.24) is 0 Å². The van der Waals surface area contributed by atoms with Crippen LogP contribution in [0.3, 0.4) is 0 Å². The van der Waals surface area contributed by atoms with E-state index in [0.29, 0.717) is 42.8 Å². The third-order valence-electron chi connectivity index (χ3n) is 5.00. The summed E-state index contributed by atoms with van der Waals surface area (Å²) < 4.78 is 16.9. The van der Waals surface area contributed by atoms with Crippen molar-refractivity contribution in [3.8, 4) is 17.6 Å². The first-order chi connectivity index (χ1) is 17.7. The number of rotatable bonds is 9. The van der Waals surface area contributed by atoms with E-state index in [4.69, 9.17) is 37.4 Å². The van der Waals surface area contributed by atoms with E-state index in [1.54, 1.807) is 49.4 Å². The van der Waals surface area contributed by atoms with E-state index < -0.39 is 11.9 Å². The fourth-order valence-corrected chi connectivity index (χ4v) is 4.03. The topological polar surface area (TPSA) is 97.7 Å². The van der Waals surface area contributed by atoms with E-state index in [9.17, 15) is 14.9 Å². The summed E-state index contributed by atoms with van der Waals surface area (Å²) in [5.41, 5.74) is 1.90. The quantitative estimate of drug-likeness (QED) is 0.160. The number of hydrogen-bond acceptors (Lipinski definition) is 6. The molecule has 0 aliphatic heterocycles. The number of methoxy groups -OCH3 is 1. The fraction of sp³-hybridized carbons (Fsp3) is 0.148. The summed E-state index contributed by atoms with van der Waals surface area (Å²) in [5.74, 6) is -0.246. The second-order valence-corrected chi connectivity index (χ2v) is 9.17. The predicted molar refractivity (Wildman–Crippen MR) is 146 cm³/mol. The van der Waals surface area contributed by atoms with Gasteiger partial charge in [-0.3, -0.25) is 4.79 Å². The molecule has 0 aliphatic carbocycles. The van der Waals surface area contributed by atoms with Crippen LogP contribution in [0.25, 0.3) is 6.08 Å². The van der Waals surface area contributed by atoms with Gasteiger partial charge in [-0.15, -0.1) is 0 Å². The summed E-state index contributed by atoms with van der Waals surface area (Å²) in [6.45, 7) is 2.15. The molecule has 0 saturated carbocycles. The number of halogens is 3. The summed E-state index contributed by atoms with van der Waals surface area (Å²) in [7, 11) is 1.48. The second kappa shape index (κ2) is 13.2. The molecule has 3 rings (SSSR count). The van der Waals surface area contributed by atoms with Crippen LogP contribution in [0, 0.1) is 11.3 Å². The molecule has 1 amide bonds. The van der Waals surface area contributed by atoms with Gasteiger partial charge in [-0.1, -0.05) is 45.2 Å². The Morgan fingerprint density at radius 3 is 2.43 bits per heavy atom. The molecule has 37 heavy (non-hydrogen) atoms. The molecule has 1 N–H and O–H groups in total. The molecule has 7 nitrogen and oxygen atoms in total. The lowest BCUT2D eigenvalue weighted by Gasteiger charge is -2.14. The molecule has 0 spiro atoms. The lowest BCUT2D eigenvalue weighted by Crippen LogP contribution is -2.13. The smallest absolute Gasteiger partial charge is 0.338 e. The number of nitrogens with one attached hydrogen (secondary N) is 1. The Morgan fingerprint density at radius 1 is 1.08 bits per heavy atom. The second-order valence-electron chi connectivity index (χ2n) is 7.47. The van der Waals surface area contributed by atoms with Crippen molar-refractivity contribution in [2.24, 2.45) is 0 Å². The molecule has 0 aromatic heterocycles. The fourth-order valence-electron chi connectivity index (χ4n) is 3.13. The van der Waals surface area contributed by atoms with Gasteiger partial charge < -0.3 is 19.5 Å². The summed E-state index contributed by atoms with van der Waals surface area (Å²) in [4.78, 5) is 24.5. The number of carbonyl (C=O) groups is 2. The summed E-state index contributed by atoms with van der Waals surface area (Å²) in [6.07, 6.45) is 1.43. The Balaban J connectivity index is 1.77. The van der Waals surface area contributed by atoms with Crippen molar-refractivity contribution in [3.63, 3.8) is 0 Å². The third-order valence-corrected chi connectivity index (χ3v) is 6.27. The Labute approximate surface area is 232 Å². The van der Waals surface area contributed by atoms with E-state index in [2.05, 4.69) is 21.2 Å². The Kier molecular flexibility index (Phi) is 9.98. The summed E-state index contributed by atoms with van der Waals surface area (Å²) in [5, 5.41) is 13.3. The maximum absolute atomic E-state index is 12.7. The molecule has 0 fully saturated rings. The van der Waals surface area contributed by atoms with E-state index in [0.717, 1.165) is 5.56 Å². The molecule has 0 aliphatic rings. The largest absolute Gasteiger partial charge is 0.493 e. The minimum Gasteiger partial charge on any atom is -0.493 e. The zero-order chi connectivity index (χ0) is 26.9. The number of nitrogens with zero attached hydrogens (tertiary/aromatic N) is 1. The highest BCUT2D eigenvalue weighted by atomic mass is 79.9. The molecule has 3 aromatic rings. The van der Waals surface area contributed by atoms with Crippen LogP contribution in [0.5, 0.6) is 11.5 Å². The van der Waals surface area contributed by atoms with Gasteiger partial charge in [0.25, 0.3) is 5.91 Å². The van der Waals surface area contributed by atoms with Gasteiger partial charge in [-0.25, -0.2) is 4.79 Å². The highest BCUT2D eigenvalue weighted by molar-refractivity contribution is 9.10. The summed E-state index contributed by atoms with van der Waals surface area (Å²) >= 11 is 15.6. The van der Waals surface area contributed by atoms with Gasteiger partial charge in [0.15, 0.2) is 11.5 Å². The number of esters is 1. The van der Waals surface area contributed by atoms with E-state index in [1.165, 1.54) is 25.3 Å². The van der Waals surface area contributed by atoms with Crippen LogP contribution in [-0.4, -0.2) is 25.6 Å². The monoisotopic (exact) mass is 602 g/mol. The zero-order valence-corrected chi connectivity index (χ0v) is 22.9. The number of amides is 1. The maximum Gasteiger partial charge on any atom is 0.338 e. The van der Waals surface area contributed by atoms with Crippen molar-refractivity contribution < 1.29 is 23.8 Å². The van der Waals surface area contributed by atoms with Gasteiger partial charge in [-0.2, -0.15) is 5.26 Å². The molecule has 10 heteroatoms. The first-order valence-electron chi connectivity index (χ1n) is 10.9. The van der Waals surface area contributed by atoms with Crippen molar-refractivity contribution in [2.45, 2.75) is 13.5 Å².